The molecule has 0 bridgehead atoms. The molecule has 0 aliphatic carbocycles. The molecule has 68 valence electrons. The summed E-state index contributed by atoms with van der Waals surface area (Å²) < 4.78 is 7.21. The minimum atomic E-state index is 0.458. The van der Waals surface area contributed by atoms with Crippen LogP contribution in [-0.2, 0) is 0 Å². The Kier molecular flexibility index (Phi) is 1.39. The average molecular weight is 186 g/mol. The van der Waals surface area contributed by atoms with Crippen LogP contribution in [0.25, 0.3) is 5.82 Å². The van der Waals surface area contributed by atoms with Crippen molar-refractivity contribution < 1.29 is 4.65 Å². The lowest BCUT2D eigenvalue weighted by molar-refractivity contribution is 0.572. The summed E-state index contributed by atoms with van der Waals surface area (Å²) in [6.45, 7) is 1.86. The molecule has 0 spiro atoms. The highest BCUT2D eigenvalue weighted by Crippen LogP contribution is 2.20. The molecule has 3 heterocycles. The molecule has 0 unspecified atom stereocenters. The van der Waals surface area contributed by atoms with Crippen molar-refractivity contribution in [1.82, 2.24) is 19.7 Å². The fourth-order valence-corrected chi connectivity index (χ4v) is 1.52. The third-order valence-corrected chi connectivity index (χ3v) is 2.09. The predicted molar refractivity (Wildman–Crippen MR) is 51.3 cm³/mol. The van der Waals surface area contributed by atoms with Gasteiger partial charge in [0.05, 0.1) is 0 Å². The van der Waals surface area contributed by atoms with Crippen molar-refractivity contribution in [2.75, 3.05) is 0 Å². The van der Waals surface area contributed by atoms with E-state index >= 15 is 0 Å². The van der Waals surface area contributed by atoms with Crippen molar-refractivity contribution in [3.63, 3.8) is 0 Å². The van der Waals surface area contributed by atoms with Gasteiger partial charge in [-0.3, -0.25) is 0 Å². The van der Waals surface area contributed by atoms with E-state index in [1.165, 1.54) is 0 Å². The van der Waals surface area contributed by atoms with E-state index < -0.39 is 0 Å². The monoisotopic (exact) mass is 186 g/mol. The molecule has 0 aromatic carbocycles. The van der Waals surface area contributed by atoms with E-state index in [1.807, 2.05) is 19.1 Å². The van der Waals surface area contributed by atoms with Crippen molar-refractivity contribution in [2.45, 2.75) is 6.92 Å². The normalized spacial score (nSPS) is 12.4. The van der Waals surface area contributed by atoms with Gasteiger partial charge in [0.15, 0.2) is 5.82 Å². The minimum Gasteiger partial charge on any atom is -0.553 e. The highest BCUT2D eigenvalue weighted by Gasteiger charge is 2.21. The van der Waals surface area contributed by atoms with Gasteiger partial charge in [0, 0.05) is 6.20 Å². The van der Waals surface area contributed by atoms with Gasteiger partial charge in [-0.2, -0.15) is 5.10 Å². The zero-order valence-corrected chi connectivity index (χ0v) is 7.64. The van der Waals surface area contributed by atoms with E-state index in [9.17, 15) is 0 Å². The van der Waals surface area contributed by atoms with E-state index in [0.29, 0.717) is 13.3 Å². The third kappa shape index (κ3) is 0.936. The summed E-state index contributed by atoms with van der Waals surface area (Å²) in [7, 11) is 0.458. The number of pyridine rings is 1. The van der Waals surface area contributed by atoms with Gasteiger partial charge in [-0.15, -0.1) is 0 Å². The number of hydrogen-bond acceptors (Lipinski definition) is 4. The Morgan fingerprint density at radius 1 is 1.50 bits per heavy atom. The maximum Gasteiger partial charge on any atom is 0.414 e. The van der Waals surface area contributed by atoms with E-state index in [-0.39, 0.29) is 0 Å². The largest absolute Gasteiger partial charge is 0.553 e. The molecule has 2 aromatic heterocycles. The van der Waals surface area contributed by atoms with E-state index in [1.54, 1.807) is 10.9 Å². The number of nitrogens with zero attached hydrogens (tertiary/aromatic N) is 4. The van der Waals surface area contributed by atoms with Crippen LogP contribution < -0.4 is 10.4 Å². The molecule has 1 aliphatic heterocycles. The summed E-state index contributed by atoms with van der Waals surface area (Å²) in [5.41, 5.74) is 0.800. The fraction of sp³-hybridized carbons (Fsp3) is 0.125. The zero-order chi connectivity index (χ0) is 9.54. The lowest BCUT2D eigenvalue weighted by Crippen LogP contribution is -2.35. The molecular weight excluding hydrogens is 179 g/mol. The standard InChI is InChI=1S/C8H7BN4O/c1-5-11-8-9-14-6-3-2-4-10-7(6)13(8)12-5/h2-4,9H,1H3. The van der Waals surface area contributed by atoms with Crippen LogP contribution in [0.4, 0.5) is 0 Å². The molecule has 0 saturated carbocycles. The summed E-state index contributed by atoms with van der Waals surface area (Å²) in [5, 5.41) is 4.26. The molecular formula is C8H7BN4O. The average Bonchev–Trinajstić information content (AvgIpc) is 2.59. The first kappa shape index (κ1) is 7.55. The molecule has 2 aromatic rings. The van der Waals surface area contributed by atoms with Crippen LogP contribution >= 0.6 is 0 Å². The van der Waals surface area contributed by atoms with Crippen molar-refractivity contribution in [1.29, 1.82) is 0 Å². The number of rotatable bonds is 0. The molecule has 0 saturated heterocycles. The van der Waals surface area contributed by atoms with Crippen LogP contribution in [0.2, 0.25) is 0 Å². The summed E-state index contributed by atoms with van der Waals surface area (Å²) in [6, 6.07) is 3.72. The Hall–Kier alpha value is -1.85. The Bertz CT molecular complexity index is 496. The molecule has 3 rings (SSSR count). The van der Waals surface area contributed by atoms with Gasteiger partial charge in [-0.1, -0.05) is 0 Å². The second-order valence-electron chi connectivity index (χ2n) is 3.10. The molecule has 14 heavy (non-hydrogen) atoms. The molecule has 0 fully saturated rings. The molecule has 0 atom stereocenters. The van der Waals surface area contributed by atoms with Crippen LogP contribution in [0, 0.1) is 6.92 Å². The first-order valence-electron chi connectivity index (χ1n) is 4.35. The Balaban J connectivity index is 2.28. The van der Waals surface area contributed by atoms with E-state index in [2.05, 4.69) is 15.1 Å². The lowest BCUT2D eigenvalue weighted by atomic mass is 9.99. The van der Waals surface area contributed by atoms with Crippen molar-refractivity contribution in [3.05, 3.63) is 24.2 Å². The van der Waals surface area contributed by atoms with E-state index in [0.717, 1.165) is 17.3 Å². The van der Waals surface area contributed by atoms with Gasteiger partial charge in [-0.05, 0) is 19.1 Å². The Morgan fingerprint density at radius 3 is 3.36 bits per heavy atom. The van der Waals surface area contributed by atoms with Crippen LogP contribution in [0.15, 0.2) is 18.3 Å². The SMILES string of the molecule is Cc1nc2n(n1)-c1ncccc1OB2. The van der Waals surface area contributed by atoms with Gasteiger partial charge in [-0.25, -0.2) is 14.6 Å². The summed E-state index contributed by atoms with van der Waals surface area (Å²) in [5.74, 6) is 2.21. The quantitative estimate of drug-likeness (QED) is 0.512. The summed E-state index contributed by atoms with van der Waals surface area (Å²) in [4.78, 5) is 8.45. The highest BCUT2D eigenvalue weighted by atomic mass is 16.4. The molecule has 0 radical (unpaired) electrons. The van der Waals surface area contributed by atoms with Gasteiger partial charge < -0.3 is 4.65 Å². The maximum absolute atomic E-state index is 5.48. The minimum absolute atomic E-state index is 0.458. The number of aromatic nitrogens is 4. The molecule has 1 aliphatic rings. The van der Waals surface area contributed by atoms with Crippen LogP contribution in [-0.4, -0.2) is 27.2 Å². The smallest absolute Gasteiger partial charge is 0.414 e. The van der Waals surface area contributed by atoms with Gasteiger partial charge in [0.1, 0.15) is 17.3 Å². The van der Waals surface area contributed by atoms with E-state index in [4.69, 9.17) is 4.65 Å². The van der Waals surface area contributed by atoms with Crippen LogP contribution in [0.3, 0.4) is 0 Å². The first-order chi connectivity index (χ1) is 6.84. The number of fused-ring (bicyclic) bond motifs is 3. The van der Waals surface area contributed by atoms with Gasteiger partial charge >= 0.3 is 7.48 Å². The molecule has 0 N–H and O–H groups in total. The second-order valence-corrected chi connectivity index (χ2v) is 3.10. The Labute approximate surface area is 81.0 Å². The predicted octanol–water partition coefficient (Wildman–Crippen LogP) is -0.660. The third-order valence-electron chi connectivity index (χ3n) is 2.09. The van der Waals surface area contributed by atoms with Crippen molar-refractivity contribution in [2.24, 2.45) is 0 Å². The van der Waals surface area contributed by atoms with Gasteiger partial charge in [0.25, 0.3) is 0 Å². The van der Waals surface area contributed by atoms with Gasteiger partial charge in [0.2, 0.25) is 0 Å². The first-order valence-corrected chi connectivity index (χ1v) is 4.35. The highest BCUT2D eigenvalue weighted by molar-refractivity contribution is 6.46. The summed E-state index contributed by atoms with van der Waals surface area (Å²) >= 11 is 0. The number of aryl methyl sites for hydroxylation is 1. The van der Waals surface area contributed by atoms with Crippen LogP contribution in [0.1, 0.15) is 5.82 Å². The summed E-state index contributed by atoms with van der Waals surface area (Å²) in [6.07, 6.45) is 1.72. The Morgan fingerprint density at radius 2 is 2.43 bits per heavy atom. The van der Waals surface area contributed by atoms with Crippen molar-refractivity contribution >= 4 is 13.2 Å². The van der Waals surface area contributed by atoms with Crippen LogP contribution in [0.5, 0.6) is 5.75 Å². The second kappa shape index (κ2) is 2.57. The van der Waals surface area contributed by atoms with Crippen molar-refractivity contribution in [3.8, 4) is 11.6 Å². The topological polar surface area (TPSA) is 52.8 Å². The lowest BCUT2D eigenvalue weighted by Gasteiger charge is -2.15. The zero-order valence-electron chi connectivity index (χ0n) is 7.64. The molecule has 6 heteroatoms. The molecule has 0 amide bonds. The maximum atomic E-state index is 5.48. The molecule has 5 nitrogen and oxygen atoms in total. The number of hydrogen-bond donors (Lipinski definition) is 0. The fourth-order valence-electron chi connectivity index (χ4n) is 1.52.